The number of fused-ring (bicyclic) bond motifs is 1. The Morgan fingerprint density at radius 1 is 1.60 bits per heavy atom. The van der Waals surface area contributed by atoms with Crippen LogP contribution < -0.4 is 10.5 Å². The van der Waals surface area contributed by atoms with Crippen LogP contribution in [-0.4, -0.2) is 24.4 Å². The van der Waals surface area contributed by atoms with E-state index in [1.807, 2.05) is 18.2 Å². The van der Waals surface area contributed by atoms with Gasteiger partial charge >= 0.3 is 6.03 Å². The molecule has 15 heavy (non-hydrogen) atoms. The van der Waals surface area contributed by atoms with Crippen LogP contribution in [-0.2, 0) is 6.54 Å². The Bertz CT molecular complexity index is 429. The van der Waals surface area contributed by atoms with Crippen molar-refractivity contribution in [2.45, 2.75) is 6.54 Å². The summed E-state index contributed by atoms with van der Waals surface area (Å²) < 4.78 is 5.10. The number of methoxy groups -OCH3 is 1. The molecule has 0 spiro atoms. The van der Waals surface area contributed by atoms with Gasteiger partial charge in [0.05, 0.1) is 19.9 Å². The van der Waals surface area contributed by atoms with Gasteiger partial charge in [-0.05, 0) is 29.3 Å². The largest absolute Gasteiger partial charge is 0.497 e. The first kappa shape index (κ1) is 9.51. The smallest absolute Gasteiger partial charge is 0.335 e. The van der Waals surface area contributed by atoms with Crippen LogP contribution in [0.5, 0.6) is 5.75 Å². The fraction of sp³-hybridized carbons (Fsp3) is 0.200. The highest BCUT2D eigenvalue weighted by molar-refractivity contribution is 5.85. The number of carbonyl (C=O) groups excluding carboxylic acids is 1. The molecule has 1 aromatic rings. The fourth-order valence-corrected chi connectivity index (χ4v) is 1.44. The van der Waals surface area contributed by atoms with Crippen LogP contribution in [0.3, 0.4) is 0 Å². The van der Waals surface area contributed by atoms with Gasteiger partial charge in [-0.3, -0.25) is 0 Å². The molecular formula is C10H11N3O2. The Kier molecular flexibility index (Phi) is 2.29. The first-order chi connectivity index (χ1) is 7.20. The van der Waals surface area contributed by atoms with E-state index < -0.39 is 6.03 Å². The summed E-state index contributed by atoms with van der Waals surface area (Å²) in [4.78, 5) is 10.9. The molecule has 0 saturated carbocycles. The molecule has 1 aromatic carbocycles. The summed E-state index contributed by atoms with van der Waals surface area (Å²) in [6.45, 7) is 0.387. The molecule has 2 N–H and O–H groups in total. The van der Waals surface area contributed by atoms with Crippen molar-refractivity contribution in [3.05, 3.63) is 29.3 Å². The molecule has 0 aliphatic carbocycles. The van der Waals surface area contributed by atoms with E-state index in [0.29, 0.717) is 6.54 Å². The number of carbonyl (C=O) groups is 1. The molecule has 1 aliphatic heterocycles. The zero-order chi connectivity index (χ0) is 10.8. The van der Waals surface area contributed by atoms with Crippen molar-refractivity contribution in [2.24, 2.45) is 10.8 Å². The molecule has 2 amide bonds. The number of hydrazone groups is 1. The quantitative estimate of drug-likeness (QED) is 0.740. The molecular weight excluding hydrogens is 194 g/mol. The molecule has 0 radical (unpaired) electrons. The van der Waals surface area contributed by atoms with Gasteiger partial charge in [-0.25, -0.2) is 9.80 Å². The minimum Gasteiger partial charge on any atom is -0.497 e. The van der Waals surface area contributed by atoms with Crippen LogP contribution in [0.15, 0.2) is 23.3 Å². The minimum atomic E-state index is -0.556. The van der Waals surface area contributed by atoms with Crippen molar-refractivity contribution in [3.8, 4) is 5.75 Å². The van der Waals surface area contributed by atoms with Gasteiger partial charge in [0, 0.05) is 0 Å². The van der Waals surface area contributed by atoms with Gasteiger partial charge in [0.25, 0.3) is 0 Å². The number of urea groups is 1. The van der Waals surface area contributed by atoms with Gasteiger partial charge in [0.2, 0.25) is 0 Å². The summed E-state index contributed by atoms with van der Waals surface area (Å²) in [5.41, 5.74) is 7.09. The van der Waals surface area contributed by atoms with Crippen molar-refractivity contribution >= 4 is 12.2 Å². The summed E-state index contributed by atoms with van der Waals surface area (Å²) in [6, 6.07) is 5.07. The van der Waals surface area contributed by atoms with Crippen molar-refractivity contribution in [1.82, 2.24) is 5.01 Å². The van der Waals surface area contributed by atoms with Gasteiger partial charge in [-0.1, -0.05) is 0 Å². The number of amides is 2. The second-order valence-electron chi connectivity index (χ2n) is 3.21. The highest BCUT2D eigenvalue weighted by atomic mass is 16.5. The molecule has 0 bridgehead atoms. The maximum absolute atomic E-state index is 10.9. The number of hydrogen-bond acceptors (Lipinski definition) is 3. The van der Waals surface area contributed by atoms with Crippen molar-refractivity contribution in [2.75, 3.05) is 7.11 Å². The Morgan fingerprint density at radius 3 is 3.07 bits per heavy atom. The summed E-state index contributed by atoms with van der Waals surface area (Å²) in [7, 11) is 1.60. The van der Waals surface area contributed by atoms with Crippen LogP contribution in [0, 0.1) is 0 Å². The Morgan fingerprint density at radius 2 is 2.40 bits per heavy atom. The molecule has 0 atom stereocenters. The third kappa shape index (κ3) is 1.76. The number of benzene rings is 1. The highest BCUT2D eigenvalue weighted by Gasteiger charge is 2.15. The standard InChI is InChI=1S/C10H11N3O2/c1-15-9-3-2-7-5-12-13(10(11)14)6-8(7)4-9/h2-5H,6H2,1H3,(H2,11,14). The Hall–Kier alpha value is -2.04. The van der Waals surface area contributed by atoms with E-state index in [1.165, 1.54) is 5.01 Å². The van der Waals surface area contributed by atoms with Gasteiger partial charge in [0.1, 0.15) is 5.75 Å². The van der Waals surface area contributed by atoms with Crippen LogP contribution in [0.1, 0.15) is 11.1 Å². The second-order valence-corrected chi connectivity index (χ2v) is 3.21. The maximum atomic E-state index is 10.9. The lowest BCUT2D eigenvalue weighted by atomic mass is 10.1. The van der Waals surface area contributed by atoms with Gasteiger partial charge in [0.15, 0.2) is 0 Å². The number of nitrogens with zero attached hydrogens (tertiary/aromatic N) is 2. The first-order valence-corrected chi connectivity index (χ1v) is 4.48. The predicted molar refractivity (Wildman–Crippen MR) is 55.7 cm³/mol. The predicted octanol–water partition coefficient (Wildman–Crippen LogP) is 0.923. The zero-order valence-electron chi connectivity index (χ0n) is 8.30. The summed E-state index contributed by atoms with van der Waals surface area (Å²) in [6.07, 6.45) is 1.61. The van der Waals surface area contributed by atoms with Gasteiger partial charge < -0.3 is 10.5 Å². The number of hydrogen-bond donors (Lipinski definition) is 1. The molecule has 0 saturated heterocycles. The molecule has 0 fully saturated rings. The summed E-state index contributed by atoms with van der Waals surface area (Å²) >= 11 is 0. The fourth-order valence-electron chi connectivity index (χ4n) is 1.44. The summed E-state index contributed by atoms with van der Waals surface area (Å²) in [5.74, 6) is 0.758. The third-order valence-corrected chi connectivity index (χ3v) is 2.26. The Labute approximate surface area is 87.1 Å². The number of rotatable bonds is 1. The lowest BCUT2D eigenvalue weighted by Gasteiger charge is -2.20. The lowest BCUT2D eigenvalue weighted by Crippen LogP contribution is -2.33. The number of primary amides is 1. The van der Waals surface area contributed by atoms with Crippen LogP contribution in [0.25, 0.3) is 0 Å². The van der Waals surface area contributed by atoms with Crippen LogP contribution in [0.2, 0.25) is 0 Å². The molecule has 1 heterocycles. The van der Waals surface area contributed by atoms with E-state index in [0.717, 1.165) is 16.9 Å². The van der Waals surface area contributed by atoms with E-state index in [2.05, 4.69) is 5.10 Å². The van der Waals surface area contributed by atoms with Crippen LogP contribution >= 0.6 is 0 Å². The average Bonchev–Trinajstić information content (AvgIpc) is 2.27. The van der Waals surface area contributed by atoms with Crippen molar-refractivity contribution in [3.63, 3.8) is 0 Å². The molecule has 1 aliphatic rings. The molecule has 5 nitrogen and oxygen atoms in total. The topological polar surface area (TPSA) is 67.9 Å². The normalized spacial score (nSPS) is 13.5. The van der Waals surface area contributed by atoms with Gasteiger partial charge in [-0.2, -0.15) is 5.10 Å². The molecule has 2 rings (SSSR count). The maximum Gasteiger partial charge on any atom is 0.335 e. The Balaban J connectivity index is 2.34. The van der Waals surface area contributed by atoms with E-state index in [-0.39, 0.29) is 0 Å². The highest BCUT2D eigenvalue weighted by Crippen LogP contribution is 2.20. The molecule has 78 valence electrons. The van der Waals surface area contributed by atoms with Gasteiger partial charge in [-0.15, -0.1) is 0 Å². The van der Waals surface area contributed by atoms with Crippen molar-refractivity contribution in [1.29, 1.82) is 0 Å². The van der Waals surface area contributed by atoms with E-state index >= 15 is 0 Å². The first-order valence-electron chi connectivity index (χ1n) is 4.48. The number of nitrogens with two attached hydrogens (primary N) is 1. The minimum absolute atomic E-state index is 0.387. The summed E-state index contributed by atoms with van der Waals surface area (Å²) in [5, 5.41) is 5.13. The SMILES string of the molecule is COc1ccc2c(c1)CN(C(N)=O)N=C2. The van der Waals surface area contributed by atoms with E-state index in [4.69, 9.17) is 10.5 Å². The third-order valence-electron chi connectivity index (χ3n) is 2.26. The van der Waals surface area contributed by atoms with E-state index in [1.54, 1.807) is 13.3 Å². The number of ether oxygens (including phenoxy) is 1. The molecule has 0 unspecified atom stereocenters. The molecule has 0 aromatic heterocycles. The van der Waals surface area contributed by atoms with Crippen molar-refractivity contribution < 1.29 is 9.53 Å². The average molecular weight is 205 g/mol. The van der Waals surface area contributed by atoms with E-state index in [9.17, 15) is 4.79 Å². The second kappa shape index (κ2) is 3.61. The van der Waals surface area contributed by atoms with Crippen LogP contribution in [0.4, 0.5) is 4.79 Å². The zero-order valence-corrected chi connectivity index (χ0v) is 8.30. The molecule has 5 heteroatoms. The lowest BCUT2D eigenvalue weighted by molar-refractivity contribution is 0.207. The monoisotopic (exact) mass is 205 g/mol.